The fourth-order valence-electron chi connectivity index (χ4n) is 4.87. The number of carbonyl (C=O) groups is 2. The summed E-state index contributed by atoms with van der Waals surface area (Å²) in [6.45, 7) is 5.05. The van der Waals surface area contributed by atoms with Crippen molar-refractivity contribution in [2.24, 2.45) is 0 Å². The fraction of sp³-hybridized carbons (Fsp3) is 0.333. The minimum atomic E-state index is -1.000. The van der Waals surface area contributed by atoms with E-state index in [2.05, 4.69) is 29.5 Å². The zero-order valence-corrected chi connectivity index (χ0v) is 22.1. The summed E-state index contributed by atoms with van der Waals surface area (Å²) < 4.78 is 21.1. The molecule has 2 heterocycles. The average Bonchev–Trinajstić information content (AvgIpc) is 3.61. The van der Waals surface area contributed by atoms with E-state index in [0.717, 1.165) is 18.4 Å². The first kappa shape index (κ1) is 26.5. The van der Waals surface area contributed by atoms with Crippen molar-refractivity contribution >= 4 is 28.5 Å². The predicted octanol–water partition coefficient (Wildman–Crippen LogP) is 4.76. The first-order chi connectivity index (χ1) is 18.9. The molecule has 1 N–H and O–H groups in total. The standard InChI is InChI=1S/C30H32FN5O3/c1-20(2)21-9-11-22(12-10-21)29(30(38)32-18-25-6-5-17-39-25)36(24-15-13-23(31)14-16-24)28(37)19-35-27-8-4-3-7-26(27)33-34-35/h3-4,7-16,20,25,29H,5-6,17-19H2,1-2H3,(H,32,38)/t25-,29+/m0/s1. The molecule has 202 valence electrons. The summed E-state index contributed by atoms with van der Waals surface area (Å²) in [5.74, 6) is -0.859. The molecule has 0 radical (unpaired) electrons. The fourth-order valence-corrected chi connectivity index (χ4v) is 4.87. The van der Waals surface area contributed by atoms with Crippen LogP contribution in [-0.4, -0.2) is 46.1 Å². The van der Waals surface area contributed by atoms with Crippen molar-refractivity contribution in [1.29, 1.82) is 0 Å². The van der Waals surface area contributed by atoms with Crippen LogP contribution in [0.5, 0.6) is 0 Å². The van der Waals surface area contributed by atoms with Gasteiger partial charge in [-0.3, -0.25) is 14.5 Å². The van der Waals surface area contributed by atoms with Gasteiger partial charge in [-0.15, -0.1) is 5.10 Å². The molecule has 1 fully saturated rings. The minimum Gasteiger partial charge on any atom is -0.376 e. The summed E-state index contributed by atoms with van der Waals surface area (Å²) in [6, 6.07) is 19.6. The molecule has 0 unspecified atom stereocenters. The van der Waals surface area contributed by atoms with Gasteiger partial charge in [0.1, 0.15) is 23.9 Å². The van der Waals surface area contributed by atoms with Gasteiger partial charge in [0.05, 0.1) is 11.6 Å². The molecular formula is C30H32FN5O3. The number of aromatic nitrogens is 3. The second kappa shape index (κ2) is 11.7. The molecular weight excluding hydrogens is 497 g/mol. The van der Waals surface area contributed by atoms with E-state index in [1.54, 1.807) is 0 Å². The summed E-state index contributed by atoms with van der Waals surface area (Å²) in [5, 5.41) is 11.3. The number of fused-ring (bicyclic) bond motifs is 1. The van der Waals surface area contributed by atoms with Gasteiger partial charge in [-0.25, -0.2) is 9.07 Å². The van der Waals surface area contributed by atoms with E-state index in [0.29, 0.717) is 41.4 Å². The van der Waals surface area contributed by atoms with Gasteiger partial charge in [0, 0.05) is 18.8 Å². The number of para-hydroxylation sites is 1. The maximum Gasteiger partial charge on any atom is 0.249 e. The first-order valence-electron chi connectivity index (χ1n) is 13.3. The van der Waals surface area contributed by atoms with E-state index < -0.39 is 11.9 Å². The second-order valence-corrected chi connectivity index (χ2v) is 10.1. The van der Waals surface area contributed by atoms with E-state index in [1.807, 2.05) is 48.5 Å². The zero-order valence-electron chi connectivity index (χ0n) is 22.1. The van der Waals surface area contributed by atoms with E-state index >= 15 is 0 Å². The monoisotopic (exact) mass is 529 g/mol. The van der Waals surface area contributed by atoms with Crippen LogP contribution in [0.15, 0.2) is 72.8 Å². The third-order valence-corrected chi connectivity index (χ3v) is 7.03. The lowest BCUT2D eigenvalue weighted by Crippen LogP contribution is -2.46. The average molecular weight is 530 g/mol. The molecule has 0 bridgehead atoms. The highest BCUT2D eigenvalue weighted by molar-refractivity contribution is 6.01. The van der Waals surface area contributed by atoms with Gasteiger partial charge in [-0.1, -0.05) is 55.5 Å². The normalized spacial score (nSPS) is 15.9. The number of benzene rings is 3. The van der Waals surface area contributed by atoms with Crippen molar-refractivity contribution in [3.05, 3.63) is 89.7 Å². The number of rotatable bonds is 9. The van der Waals surface area contributed by atoms with E-state index in [1.165, 1.54) is 33.8 Å². The number of hydrogen-bond acceptors (Lipinski definition) is 5. The molecule has 39 heavy (non-hydrogen) atoms. The summed E-state index contributed by atoms with van der Waals surface area (Å²) in [5.41, 5.74) is 3.52. The van der Waals surface area contributed by atoms with Crippen molar-refractivity contribution in [3.63, 3.8) is 0 Å². The zero-order chi connectivity index (χ0) is 27.4. The third-order valence-electron chi connectivity index (χ3n) is 7.03. The topological polar surface area (TPSA) is 89.4 Å². The molecule has 3 aromatic carbocycles. The Morgan fingerprint density at radius 3 is 2.46 bits per heavy atom. The Morgan fingerprint density at radius 2 is 1.77 bits per heavy atom. The Kier molecular flexibility index (Phi) is 7.97. The Labute approximate surface area is 226 Å². The quantitative estimate of drug-likeness (QED) is 0.338. The molecule has 1 aliphatic heterocycles. The summed E-state index contributed by atoms with van der Waals surface area (Å²) in [4.78, 5) is 29.3. The highest BCUT2D eigenvalue weighted by Crippen LogP contribution is 2.30. The van der Waals surface area contributed by atoms with Crippen molar-refractivity contribution in [2.75, 3.05) is 18.1 Å². The van der Waals surface area contributed by atoms with Gasteiger partial charge >= 0.3 is 0 Å². The molecule has 8 nitrogen and oxygen atoms in total. The number of hydrogen-bond donors (Lipinski definition) is 1. The van der Waals surface area contributed by atoms with Crippen LogP contribution in [0.4, 0.5) is 10.1 Å². The Bertz CT molecular complexity index is 1430. The van der Waals surface area contributed by atoms with E-state index in [4.69, 9.17) is 4.74 Å². The summed E-state index contributed by atoms with van der Waals surface area (Å²) in [6.07, 6.45) is 1.76. The van der Waals surface area contributed by atoms with Gasteiger partial charge in [0.15, 0.2) is 0 Å². The van der Waals surface area contributed by atoms with Crippen molar-refractivity contribution in [3.8, 4) is 0 Å². The number of nitrogens with zero attached hydrogens (tertiary/aromatic N) is 4. The number of halogens is 1. The van der Waals surface area contributed by atoms with Crippen LogP contribution in [0.2, 0.25) is 0 Å². The number of anilines is 1. The van der Waals surface area contributed by atoms with Gasteiger partial charge in [-0.2, -0.15) is 0 Å². The minimum absolute atomic E-state index is 0.0607. The maximum atomic E-state index is 14.0. The van der Waals surface area contributed by atoms with Crippen LogP contribution < -0.4 is 10.2 Å². The molecule has 2 amide bonds. The van der Waals surface area contributed by atoms with Gasteiger partial charge in [0.2, 0.25) is 11.8 Å². The number of amides is 2. The molecule has 1 aromatic heterocycles. The summed E-state index contributed by atoms with van der Waals surface area (Å²) >= 11 is 0. The molecule has 5 rings (SSSR count). The van der Waals surface area contributed by atoms with Crippen molar-refractivity contribution < 1.29 is 18.7 Å². The number of nitrogens with one attached hydrogen (secondary N) is 1. The largest absolute Gasteiger partial charge is 0.376 e. The SMILES string of the molecule is CC(C)c1ccc([C@H](C(=O)NC[C@@H]2CCCO2)N(C(=O)Cn2nnc3ccccc32)c2ccc(F)cc2)cc1. The molecule has 4 aromatic rings. The van der Waals surface area contributed by atoms with E-state index in [9.17, 15) is 14.0 Å². The van der Waals surface area contributed by atoms with Crippen LogP contribution in [0.1, 0.15) is 49.8 Å². The van der Waals surface area contributed by atoms with Gasteiger partial charge in [-0.05, 0) is 66.3 Å². The van der Waals surface area contributed by atoms with Crippen LogP contribution in [0.25, 0.3) is 11.0 Å². The Balaban J connectivity index is 1.54. The van der Waals surface area contributed by atoms with Gasteiger partial charge < -0.3 is 10.1 Å². The lowest BCUT2D eigenvalue weighted by molar-refractivity contribution is -0.127. The van der Waals surface area contributed by atoms with Crippen molar-refractivity contribution in [2.45, 2.75) is 51.3 Å². The smallest absolute Gasteiger partial charge is 0.249 e. The van der Waals surface area contributed by atoms with Crippen LogP contribution in [-0.2, 0) is 20.9 Å². The predicted molar refractivity (Wildman–Crippen MR) is 147 cm³/mol. The number of carbonyl (C=O) groups excluding carboxylic acids is 2. The highest BCUT2D eigenvalue weighted by atomic mass is 19.1. The third kappa shape index (κ3) is 5.98. The molecule has 0 saturated carbocycles. The Morgan fingerprint density at radius 1 is 1.05 bits per heavy atom. The lowest BCUT2D eigenvalue weighted by atomic mass is 9.97. The molecule has 9 heteroatoms. The molecule has 1 saturated heterocycles. The maximum absolute atomic E-state index is 14.0. The second-order valence-electron chi connectivity index (χ2n) is 10.1. The first-order valence-corrected chi connectivity index (χ1v) is 13.3. The van der Waals surface area contributed by atoms with Crippen molar-refractivity contribution in [1.82, 2.24) is 20.3 Å². The van der Waals surface area contributed by atoms with Crippen LogP contribution in [0.3, 0.4) is 0 Å². The molecule has 1 aliphatic rings. The molecule has 0 aliphatic carbocycles. The van der Waals surface area contributed by atoms with E-state index in [-0.39, 0.29) is 24.5 Å². The van der Waals surface area contributed by atoms with Gasteiger partial charge in [0.25, 0.3) is 0 Å². The summed E-state index contributed by atoms with van der Waals surface area (Å²) in [7, 11) is 0. The Hall–Kier alpha value is -4.11. The number of ether oxygens (including phenoxy) is 1. The van der Waals surface area contributed by atoms with Crippen LogP contribution in [0, 0.1) is 5.82 Å². The highest BCUT2D eigenvalue weighted by Gasteiger charge is 2.34. The lowest BCUT2D eigenvalue weighted by Gasteiger charge is -2.32. The molecule has 2 atom stereocenters. The molecule has 0 spiro atoms. The van der Waals surface area contributed by atoms with Crippen LogP contribution >= 0.6 is 0 Å².